The van der Waals surface area contributed by atoms with Gasteiger partial charge in [0.2, 0.25) is 0 Å². The molecule has 8 heavy (non-hydrogen) atoms. The van der Waals surface area contributed by atoms with E-state index < -0.39 is 0 Å². The lowest BCUT2D eigenvalue weighted by Gasteiger charge is -1.89. The van der Waals surface area contributed by atoms with Crippen LogP contribution in [0.1, 0.15) is 0 Å². The van der Waals surface area contributed by atoms with Crippen LogP contribution in [0.25, 0.3) is 0 Å². The number of hydrogen-bond acceptors (Lipinski definition) is 4. The molecule has 4 nitrogen and oxygen atoms in total. The van der Waals surface area contributed by atoms with Gasteiger partial charge in [-0.2, -0.15) is 0 Å². The van der Waals surface area contributed by atoms with E-state index in [9.17, 15) is 8.42 Å². The molecule has 0 atom stereocenters. The molecule has 0 aromatic rings. The Bertz CT molecular complexity index is 64.4. The zero-order valence-corrected chi connectivity index (χ0v) is 5.73. The topological polar surface area (TPSA) is 52.6 Å². The highest BCUT2D eigenvalue weighted by Crippen LogP contribution is 1.71. The van der Waals surface area contributed by atoms with Crippen molar-refractivity contribution in [3.63, 3.8) is 0 Å². The van der Waals surface area contributed by atoms with Gasteiger partial charge in [-0.1, -0.05) is 0 Å². The lowest BCUT2D eigenvalue weighted by Crippen LogP contribution is -1.97. The van der Waals surface area contributed by atoms with Crippen molar-refractivity contribution in [3.05, 3.63) is 0 Å². The molecule has 0 radical (unpaired) electrons. The fraction of sp³-hybridized carbons (Fsp3) is 1.00. The number of rotatable bonds is 5. The van der Waals surface area contributed by atoms with Gasteiger partial charge in [0.05, 0.1) is 13.2 Å². The van der Waals surface area contributed by atoms with Crippen LogP contribution in [-0.4, -0.2) is 21.6 Å². The second-order valence-electron chi connectivity index (χ2n) is 0.816. The van der Waals surface area contributed by atoms with Crippen molar-refractivity contribution < 1.29 is 16.8 Å². The van der Waals surface area contributed by atoms with Crippen molar-refractivity contribution in [1.29, 1.82) is 0 Å². The molecule has 0 heterocycles. The molecule has 0 aliphatic heterocycles. The van der Waals surface area contributed by atoms with E-state index in [0.29, 0.717) is 0 Å². The van der Waals surface area contributed by atoms with Crippen molar-refractivity contribution in [2.75, 3.05) is 13.2 Å². The Hall–Kier alpha value is 0.220. The Balaban J connectivity index is 2.71. The van der Waals surface area contributed by atoms with Crippen molar-refractivity contribution in [2.45, 2.75) is 0 Å². The number of thiol groups is 2. The second kappa shape index (κ2) is 7.22. The maximum atomic E-state index is 9.51. The molecule has 0 N–H and O–H groups in total. The fourth-order valence-corrected chi connectivity index (χ4v) is 0.447. The molecular weight excluding hydrogens is 152 g/mol. The van der Waals surface area contributed by atoms with Crippen LogP contribution in [0.15, 0.2) is 0 Å². The van der Waals surface area contributed by atoms with Crippen LogP contribution in [0, 0.1) is 0 Å². The molecule has 0 aliphatic carbocycles. The summed E-state index contributed by atoms with van der Waals surface area (Å²) in [6, 6.07) is 0. The molecule has 50 valence electrons. The average molecular weight is 158 g/mol. The number of hydrogen-bond donors (Lipinski definition) is 2. The summed E-state index contributed by atoms with van der Waals surface area (Å²) in [6.45, 7) is 0.389. The van der Waals surface area contributed by atoms with E-state index in [1.165, 1.54) is 0 Å². The van der Waals surface area contributed by atoms with Gasteiger partial charge in [0.1, 0.15) is 23.9 Å². The highest BCUT2D eigenvalue weighted by molar-refractivity contribution is 7.60. The van der Waals surface area contributed by atoms with Crippen molar-refractivity contribution in [3.8, 4) is 0 Å². The predicted octanol–water partition coefficient (Wildman–Crippen LogP) is -1.26. The first kappa shape index (κ1) is 8.22. The summed E-state index contributed by atoms with van der Waals surface area (Å²) in [7, 11) is 0. The first-order chi connectivity index (χ1) is 3.91. The minimum absolute atomic E-state index is 0.195. The van der Waals surface area contributed by atoms with E-state index in [0.717, 1.165) is 0 Å². The standard InChI is InChI=1S/C2H6O4S2/c3-7-5-1-2-6-8-4/h7-8H,1-2H2. The minimum Gasteiger partial charge on any atom is -0.290 e. The highest BCUT2D eigenvalue weighted by atomic mass is 32.2. The fourth-order valence-electron chi connectivity index (χ4n) is 0.149. The summed E-state index contributed by atoms with van der Waals surface area (Å²) in [5.74, 6) is 0. The molecule has 0 saturated carbocycles. The third-order valence-corrected chi connectivity index (χ3v) is 0.947. The third-order valence-electron chi connectivity index (χ3n) is 0.371. The van der Waals surface area contributed by atoms with Crippen LogP contribution in [0.4, 0.5) is 0 Å². The lowest BCUT2D eigenvalue weighted by molar-refractivity contribution is 0.255. The molecule has 0 unspecified atom stereocenters. The normalized spacial score (nSPS) is 9.50. The largest absolute Gasteiger partial charge is 0.290 e. The summed E-state index contributed by atoms with van der Waals surface area (Å²) in [5.41, 5.74) is 0. The van der Waals surface area contributed by atoms with Gasteiger partial charge in [-0.15, -0.1) is 0 Å². The Morgan fingerprint density at radius 3 is 1.62 bits per heavy atom. The Morgan fingerprint density at radius 1 is 1.00 bits per heavy atom. The van der Waals surface area contributed by atoms with Gasteiger partial charge in [0, 0.05) is 0 Å². The van der Waals surface area contributed by atoms with Crippen LogP contribution < -0.4 is 0 Å². The van der Waals surface area contributed by atoms with Gasteiger partial charge in [0.25, 0.3) is 0 Å². The first-order valence-electron chi connectivity index (χ1n) is 1.81. The summed E-state index contributed by atoms with van der Waals surface area (Å²) in [6.07, 6.45) is 0. The zero-order valence-electron chi connectivity index (χ0n) is 3.94. The Labute approximate surface area is 54.6 Å². The minimum atomic E-state index is -0.375. The third kappa shape index (κ3) is 6.22. The van der Waals surface area contributed by atoms with E-state index in [-0.39, 0.29) is 37.1 Å². The van der Waals surface area contributed by atoms with E-state index >= 15 is 0 Å². The molecule has 0 spiro atoms. The summed E-state index contributed by atoms with van der Waals surface area (Å²) in [5, 5.41) is 0. The van der Waals surface area contributed by atoms with Crippen molar-refractivity contribution in [2.24, 2.45) is 0 Å². The van der Waals surface area contributed by atoms with E-state index in [1.54, 1.807) is 0 Å². The summed E-state index contributed by atoms with van der Waals surface area (Å²) in [4.78, 5) is 0. The molecule has 0 aliphatic rings. The van der Waals surface area contributed by atoms with Crippen molar-refractivity contribution in [1.82, 2.24) is 0 Å². The zero-order chi connectivity index (χ0) is 6.24. The van der Waals surface area contributed by atoms with Gasteiger partial charge >= 0.3 is 0 Å². The van der Waals surface area contributed by atoms with Crippen LogP contribution >= 0.6 is 0 Å². The van der Waals surface area contributed by atoms with Crippen LogP contribution in [0.2, 0.25) is 0 Å². The molecule has 0 saturated heterocycles. The highest BCUT2D eigenvalue weighted by Gasteiger charge is 1.81. The van der Waals surface area contributed by atoms with Crippen LogP contribution in [0.3, 0.4) is 0 Å². The van der Waals surface area contributed by atoms with Crippen molar-refractivity contribution >= 4 is 23.9 Å². The Morgan fingerprint density at radius 2 is 1.38 bits per heavy atom. The van der Waals surface area contributed by atoms with E-state index in [2.05, 4.69) is 8.37 Å². The first-order valence-corrected chi connectivity index (χ1v) is 3.27. The van der Waals surface area contributed by atoms with Gasteiger partial charge < -0.3 is 0 Å². The quantitative estimate of drug-likeness (QED) is 0.387. The van der Waals surface area contributed by atoms with Crippen LogP contribution in [0.5, 0.6) is 0 Å². The molecule has 0 rings (SSSR count). The monoisotopic (exact) mass is 158 g/mol. The van der Waals surface area contributed by atoms with Gasteiger partial charge in [-0.3, -0.25) is 8.37 Å². The maximum absolute atomic E-state index is 9.51. The van der Waals surface area contributed by atoms with Gasteiger partial charge in [0.15, 0.2) is 0 Å². The molecular formula is C2H6O4S2. The van der Waals surface area contributed by atoms with Gasteiger partial charge in [-0.05, 0) is 0 Å². The molecule has 0 amide bonds. The molecule has 0 aromatic heterocycles. The lowest BCUT2D eigenvalue weighted by atomic mass is 10.8. The van der Waals surface area contributed by atoms with E-state index in [4.69, 9.17) is 0 Å². The summed E-state index contributed by atoms with van der Waals surface area (Å²) >= 11 is -0.749. The van der Waals surface area contributed by atoms with Crippen LogP contribution in [-0.2, 0) is 32.3 Å². The van der Waals surface area contributed by atoms with Gasteiger partial charge in [-0.25, -0.2) is 8.42 Å². The van der Waals surface area contributed by atoms with E-state index in [1.807, 2.05) is 0 Å². The smallest absolute Gasteiger partial charge is 0.142 e. The molecule has 6 heteroatoms. The maximum Gasteiger partial charge on any atom is 0.142 e. The Kier molecular flexibility index (Phi) is 7.42. The summed E-state index contributed by atoms with van der Waals surface area (Å²) < 4.78 is 27.6. The SMILES string of the molecule is O=[SH]OCCO[SH]=O. The molecule has 0 bridgehead atoms. The second-order valence-corrected chi connectivity index (χ2v) is 1.63. The average Bonchev–Trinajstić information content (AvgIpc) is 1.81. The predicted molar refractivity (Wildman–Crippen MR) is 31.0 cm³/mol. The molecule has 0 aromatic carbocycles. The molecule has 0 fully saturated rings.